The molecule has 5 heteroatoms. The van der Waals surface area contributed by atoms with Crippen LogP contribution in [0.15, 0.2) is 84.2 Å². The highest BCUT2D eigenvalue weighted by molar-refractivity contribution is 7.23. The van der Waals surface area contributed by atoms with Gasteiger partial charge in [-0.15, -0.1) is 22.7 Å². The summed E-state index contributed by atoms with van der Waals surface area (Å²) in [5, 5.41) is 7.02. The maximum atomic E-state index is 7.66. The van der Waals surface area contributed by atoms with Crippen LogP contribution in [0.1, 0.15) is 212 Å². The summed E-state index contributed by atoms with van der Waals surface area (Å²) in [4.78, 5) is 5.14. The summed E-state index contributed by atoms with van der Waals surface area (Å²) >= 11 is 11.5. The minimum absolute atomic E-state index is 0.0419. The average molecular weight is 1010 g/mol. The van der Waals surface area contributed by atoms with E-state index in [1.54, 1.807) is 0 Å². The average Bonchev–Trinajstić information content (AvgIpc) is 3.91. The maximum absolute atomic E-state index is 7.66. The first-order chi connectivity index (χ1) is 33.4. The van der Waals surface area contributed by atoms with E-state index in [0.29, 0.717) is 0 Å². The molecule has 0 saturated carbocycles. The van der Waals surface area contributed by atoms with Crippen molar-refractivity contribution in [1.82, 2.24) is 0 Å². The van der Waals surface area contributed by atoms with E-state index in [1.165, 1.54) is 131 Å². The Morgan fingerprint density at radius 3 is 1.36 bits per heavy atom. The molecule has 0 spiro atoms. The molecule has 4 aliphatic carbocycles. The smallest absolute Gasteiger partial charge is 0.101 e. The highest BCUT2D eigenvalue weighted by Gasteiger charge is 2.42. The lowest BCUT2D eigenvalue weighted by Crippen LogP contribution is -2.34. The Labute approximate surface area is 446 Å². The van der Waals surface area contributed by atoms with Gasteiger partial charge in [0.25, 0.3) is 0 Å². The van der Waals surface area contributed by atoms with Crippen LogP contribution in [0.2, 0.25) is 5.02 Å². The Balaban J connectivity index is 1.18. The molecule has 0 saturated heterocycles. The Kier molecular flexibility index (Phi) is 11.3. The fraction of sp³-hybridized carbons (Fsp3) is 0.493. The Morgan fingerprint density at radius 2 is 0.819 bits per heavy atom. The Hall–Kier alpha value is -4.09. The number of anilines is 6. The molecule has 0 fully saturated rings. The van der Waals surface area contributed by atoms with Crippen molar-refractivity contribution >= 4 is 87.9 Å². The zero-order valence-electron chi connectivity index (χ0n) is 46.8. The summed E-state index contributed by atoms with van der Waals surface area (Å²) in [6.45, 7) is 41.5. The number of fused-ring (bicyclic) bond motifs is 6. The van der Waals surface area contributed by atoms with Gasteiger partial charge < -0.3 is 9.80 Å². The van der Waals surface area contributed by atoms with Crippen LogP contribution in [-0.4, -0.2) is 0 Å². The topological polar surface area (TPSA) is 6.48 Å². The fourth-order valence-corrected chi connectivity index (χ4v) is 16.0. The maximum Gasteiger partial charge on any atom is 0.101 e. The molecule has 2 nitrogen and oxygen atoms in total. The number of thiophene rings is 2. The molecule has 0 bridgehead atoms. The molecule has 5 aromatic carbocycles. The molecule has 0 radical (unpaired) electrons. The van der Waals surface area contributed by atoms with Crippen molar-refractivity contribution in [3.63, 3.8) is 0 Å². The van der Waals surface area contributed by atoms with Gasteiger partial charge >= 0.3 is 0 Å². The van der Waals surface area contributed by atoms with Gasteiger partial charge in [0.15, 0.2) is 0 Å². The molecular formula is C67H81ClN2S2. The number of nitrogens with zero attached hydrogens (tertiary/aromatic N) is 2. The highest BCUT2D eigenvalue weighted by atomic mass is 35.5. The summed E-state index contributed by atoms with van der Waals surface area (Å²) in [6.07, 6.45) is 9.45. The van der Waals surface area contributed by atoms with Crippen molar-refractivity contribution in [3.05, 3.63) is 139 Å². The normalized spacial score (nSPS) is 21.4. The predicted molar refractivity (Wildman–Crippen MR) is 317 cm³/mol. The summed E-state index contributed by atoms with van der Waals surface area (Å²) in [5.74, 6) is 0. The summed E-state index contributed by atoms with van der Waals surface area (Å²) < 4.78 is 2.69. The second-order valence-corrected chi connectivity index (χ2v) is 30.8. The van der Waals surface area contributed by atoms with Crippen molar-refractivity contribution in [2.24, 2.45) is 0 Å². The molecule has 378 valence electrons. The van der Waals surface area contributed by atoms with Gasteiger partial charge in [0.1, 0.15) is 5.00 Å². The van der Waals surface area contributed by atoms with Crippen molar-refractivity contribution in [1.29, 1.82) is 0 Å². The van der Waals surface area contributed by atoms with Gasteiger partial charge in [0, 0.05) is 42.3 Å². The first-order valence-electron chi connectivity index (χ1n) is 27.3. The van der Waals surface area contributed by atoms with Gasteiger partial charge in [0.2, 0.25) is 0 Å². The third-order valence-corrected chi connectivity index (χ3v) is 21.6. The van der Waals surface area contributed by atoms with Gasteiger partial charge in [0.05, 0.1) is 11.4 Å². The van der Waals surface area contributed by atoms with E-state index in [0.717, 1.165) is 29.2 Å². The van der Waals surface area contributed by atoms with Crippen LogP contribution >= 0.6 is 34.3 Å². The van der Waals surface area contributed by atoms with E-state index < -0.39 is 0 Å². The summed E-state index contributed by atoms with van der Waals surface area (Å²) in [6, 6.07) is 32.1. The molecule has 0 N–H and O–H groups in total. The van der Waals surface area contributed by atoms with E-state index >= 15 is 0 Å². The lowest BCUT2D eigenvalue weighted by Gasteiger charge is -2.43. The van der Waals surface area contributed by atoms with Crippen molar-refractivity contribution in [2.45, 2.75) is 212 Å². The van der Waals surface area contributed by atoms with Crippen molar-refractivity contribution in [3.8, 4) is 0 Å². The van der Waals surface area contributed by atoms with Crippen LogP contribution in [0.3, 0.4) is 0 Å². The van der Waals surface area contributed by atoms with E-state index in [1.807, 2.05) is 22.7 Å². The third kappa shape index (κ3) is 8.03. The monoisotopic (exact) mass is 1010 g/mol. The molecule has 4 aliphatic rings. The van der Waals surface area contributed by atoms with Crippen molar-refractivity contribution < 1.29 is 0 Å². The summed E-state index contributed by atoms with van der Waals surface area (Å²) in [5.41, 5.74) is 19.7. The lowest BCUT2D eigenvalue weighted by atomic mass is 9.62. The SMILES string of the molecule is Cc1cc2c(cc1N(c1cc(Cl)cc(N(c3ccc4c(c3)C(C)(C)CCC4(C)C)c3cc4cc5c(cc4s3)C(C)(C)CCC5(C)C)c1)c1csc3cc4c(cc13)C(C)(C)CCC4(C)C)C(C)(C)CCC2(C)C. The van der Waals surface area contributed by atoms with Crippen LogP contribution < -0.4 is 9.80 Å². The minimum Gasteiger partial charge on any atom is -0.309 e. The second kappa shape index (κ2) is 16.2. The molecule has 2 aromatic heterocycles. The Morgan fingerprint density at radius 1 is 0.389 bits per heavy atom. The largest absolute Gasteiger partial charge is 0.309 e. The van der Waals surface area contributed by atoms with Crippen LogP contribution in [0.25, 0.3) is 20.2 Å². The Bertz CT molecular complexity index is 3310. The molecule has 11 rings (SSSR count). The predicted octanol–water partition coefficient (Wildman–Crippen LogP) is 21.4. The zero-order valence-corrected chi connectivity index (χ0v) is 49.2. The van der Waals surface area contributed by atoms with Gasteiger partial charge in [-0.05, 0) is 224 Å². The standard InChI is InChI=1S/C67H81ClN2S2/c1-40-28-48-52(65(12,13)25-22-61(48,4)5)36-55(40)70(56-39-71-58-38-54-51(35-46(56)58)64(10,11)24-27-67(54,16)17)45-32-42(68)31-44(33-45)69(43-18-19-47-50(34-43)63(8,9)21-20-60(47,2)3)59-30-41-29-49-53(37-57(41)72-59)66(14,15)26-23-62(49,6)7/h18-19,28-39H,20-27H2,1-17H3. The lowest BCUT2D eigenvalue weighted by molar-refractivity contribution is 0.332. The molecule has 2 heterocycles. The molecule has 7 aromatic rings. The zero-order chi connectivity index (χ0) is 51.7. The molecule has 0 amide bonds. The van der Waals surface area contributed by atoms with Crippen molar-refractivity contribution in [2.75, 3.05) is 9.80 Å². The number of hydrogen-bond acceptors (Lipinski definition) is 4. The first-order valence-corrected chi connectivity index (χ1v) is 29.3. The van der Waals surface area contributed by atoms with Crippen LogP contribution in [0.5, 0.6) is 0 Å². The fourth-order valence-electron chi connectivity index (χ4n) is 13.7. The minimum atomic E-state index is 0.0419. The number of halogens is 1. The van der Waals surface area contributed by atoms with Gasteiger partial charge in [-0.3, -0.25) is 0 Å². The van der Waals surface area contributed by atoms with E-state index in [2.05, 4.69) is 212 Å². The molecular weight excluding hydrogens is 932 g/mol. The van der Waals surface area contributed by atoms with E-state index in [9.17, 15) is 0 Å². The molecule has 0 aliphatic heterocycles. The molecule has 72 heavy (non-hydrogen) atoms. The first kappa shape index (κ1) is 50.1. The van der Waals surface area contributed by atoms with Gasteiger partial charge in [-0.2, -0.15) is 0 Å². The number of rotatable bonds is 6. The van der Waals surface area contributed by atoms with Crippen LogP contribution in [-0.2, 0) is 43.3 Å². The molecule has 0 atom stereocenters. The van der Waals surface area contributed by atoms with E-state index in [-0.39, 0.29) is 43.3 Å². The second-order valence-electron chi connectivity index (χ2n) is 28.4. The van der Waals surface area contributed by atoms with Crippen LogP contribution in [0, 0.1) is 6.92 Å². The van der Waals surface area contributed by atoms with Crippen LogP contribution in [0.4, 0.5) is 33.4 Å². The number of aryl methyl sites for hydroxylation is 1. The van der Waals surface area contributed by atoms with Gasteiger partial charge in [-0.1, -0.05) is 135 Å². The number of hydrogen-bond donors (Lipinski definition) is 0. The summed E-state index contributed by atoms with van der Waals surface area (Å²) in [7, 11) is 0. The molecule has 0 unspecified atom stereocenters. The number of benzene rings is 5. The third-order valence-electron chi connectivity index (χ3n) is 19.4. The quantitative estimate of drug-likeness (QED) is 0.164. The highest BCUT2D eigenvalue weighted by Crippen LogP contribution is 2.56. The van der Waals surface area contributed by atoms with E-state index in [4.69, 9.17) is 11.6 Å². The van der Waals surface area contributed by atoms with Gasteiger partial charge in [-0.25, -0.2) is 0 Å².